The van der Waals surface area contributed by atoms with Crippen LogP contribution in [0.3, 0.4) is 0 Å². The number of aliphatic hydroxyl groups is 1. The van der Waals surface area contributed by atoms with Crippen molar-refractivity contribution in [2.45, 2.75) is 25.6 Å². The van der Waals surface area contributed by atoms with Crippen LogP contribution in [0.1, 0.15) is 25.0 Å². The molecule has 1 atom stereocenters. The Balaban J connectivity index is 2.95. The smallest absolute Gasteiger partial charge is 0.388 e. The fraction of sp³-hybridized carbons (Fsp3) is 0.364. The van der Waals surface area contributed by atoms with Gasteiger partial charge in [0.25, 0.3) is 0 Å². The van der Waals surface area contributed by atoms with Crippen molar-refractivity contribution in [1.82, 2.24) is 0 Å². The van der Waals surface area contributed by atoms with E-state index in [1.807, 2.05) is 0 Å². The Hall–Kier alpha value is -1.56. The second-order valence-corrected chi connectivity index (χ2v) is 3.46. The van der Waals surface area contributed by atoms with Crippen molar-refractivity contribution in [3.8, 4) is 0 Å². The van der Waals surface area contributed by atoms with Crippen LogP contribution in [-0.4, -0.2) is 17.2 Å². The lowest BCUT2D eigenvalue weighted by atomic mass is 10.1. The Morgan fingerprint density at radius 2 is 2.00 bits per heavy atom. The number of halogens is 3. The zero-order valence-corrected chi connectivity index (χ0v) is 9.08. The van der Waals surface area contributed by atoms with E-state index in [4.69, 9.17) is 0 Å². The van der Waals surface area contributed by atoms with Crippen LogP contribution in [0.4, 0.5) is 18.9 Å². The van der Waals surface area contributed by atoms with E-state index in [1.54, 1.807) is 18.3 Å². The molecule has 0 saturated heterocycles. The largest absolute Gasteiger partial charge is 0.471 e. The highest BCUT2D eigenvalue weighted by Crippen LogP contribution is 2.26. The van der Waals surface area contributed by atoms with Gasteiger partial charge in [-0.1, -0.05) is 25.1 Å². The molecule has 1 aromatic rings. The van der Waals surface area contributed by atoms with Crippen LogP contribution < -0.4 is 5.32 Å². The molecular formula is C11H12F3NO2. The third-order valence-electron chi connectivity index (χ3n) is 2.21. The van der Waals surface area contributed by atoms with Gasteiger partial charge in [0.2, 0.25) is 0 Å². The molecule has 0 radical (unpaired) electrons. The van der Waals surface area contributed by atoms with Gasteiger partial charge in [0.15, 0.2) is 0 Å². The first kappa shape index (κ1) is 13.5. The molecule has 0 heterocycles. The van der Waals surface area contributed by atoms with E-state index in [9.17, 15) is 23.1 Å². The average molecular weight is 247 g/mol. The van der Waals surface area contributed by atoms with Gasteiger partial charge in [0.1, 0.15) is 0 Å². The van der Waals surface area contributed by atoms with E-state index in [0.29, 0.717) is 6.42 Å². The van der Waals surface area contributed by atoms with Crippen LogP contribution in [0.5, 0.6) is 0 Å². The molecule has 0 unspecified atom stereocenters. The van der Waals surface area contributed by atoms with Crippen LogP contribution in [0.25, 0.3) is 0 Å². The number of hydrogen-bond acceptors (Lipinski definition) is 2. The minimum Gasteiger partial charge on any atom is -0.388 e. The second-order valence-electron chi connectivity index (χ2n) is 3.46. The normalized spacial score (nSPS) is 13.2. The quantitative estimate of drug-likeness (QED) is 0.862. The fourth-order valence-electron chi connectivity index (χ4n) is 1.31. The van der Waals surface area contributed by atoms with Gasteiger partial charge in [-0.05, 0) is 12.5 Å². The Morgan fingerprint density at radius 1 is 1.41 bits per heavy atom. The molecule has 3 nitrogen and oxygen atoms in total. The van der Waals surface area contributed by atoms with Gasteiger partial charge >= 0.3 is 12.1 Å². The lowest BCUT2D eigenvalue weighted by Gasteiger charge is -2.15. The summed E-state index contributed by atoms with van der Waals surface area (Å²) >= 11 is 0. The number of amides is 1. The predicted octanol–water partition coefficient (Wildman–Crippen LogP) is 2.63. The first-order valence-electron chi connectivity index (χ1n) is 5.01. The van der Waals surface area contributed by atoms with Crippen molar-refractivity contribution >= 4 is 11.6 Å². The first-order valence-corrected chi connectivity index (χ1v) is 5.01. The maximum absolute atomic E-state index is 12.1. The van der Waals surface area contributed by atoms with E-state index < -0.39 is 18.2 Å². The highest BCUT2D eigenvalue weighted by atomic mass is 19.4. The number of para-hydroxylation sites is 1. The molecule has 0 saturated carbocycles. The number of nitrogens with one attached hydrogen (secondary N) is 1. The number of aliphatic hydroxyl groups excluding tert-OH is 1. The van der Waals surface area contributed by atoms with E-state index in [1.165, 1.54) is 18.2 Å². The Morgan fingerprint density at radius 3 is 2.53 bits per heavy atom. The summed E-state index contributed by atoms with van der Waals surface area (Å²) < 4.78 is 36.2. The molecule has 1 aromatic carbocycles. The predicted molar refractivity (Wildman–Crippen MR) is 56.4 cm³/mol. The summed E-state index contributed by atoms with van der Waals surface area (Å²) in [5.41, 5.74) is 0.247. The number of alkyl halides is 3. The summed E-state index contributed by atoms with van der Waals surface area (Å²) in [6.45, 7) is 1.69. The molecule has 0 aromatic heterocycles. The lowest BCUT2D eigenvalue weighted by molar-refractivity contribution is -0.167. The van der Waals surface area contributed by atoms with Crippen LogP contribution in [0.2, 0.25) is 0 Å². The molecule has 94 valence electrons. The highest BCUT2D eigenvalue weighted by molar-refractivity contribution is 5.95. The molecule has 0 spiro atoms. The number of benzene rings is 1. The number of carbonyl (C=O) groups is 1. The molecule has 1 amide bonds. The molecule has 2 N–H and O–H groups in total. The number of anilines is 1. The highest BCUT2D eigenvalue weighted by Gasteiger charge is 2.39. The van der Waals surface area contributed by atoms with Gasteiger partial charge in [-0.25, -0.2) is 0 Å². The molecule has 0 fully saturated rings. The van der Waals surface area contributed by atoms with Crippen molar-refractivity contribution < 1.29 is 23.1 Å². The van der Waals surface area contributed by atoms with Gasteiger partial charge < -0.3 is 10.4 Å². The SMILES string of the molecule is CC[C@@H](O)c1ccccc1NC(=O)C(F)(F)F. The Labute approximate surface area is 96.3 Å². The number of rotatable bonds is 3. The average Bonchev–Trinajstić information content (AvgIpc) is 2.27. The summed E-state index contributed by atoms with van der Waals surface area (Å²) in [4.78, 5) is 10.8. The van der Waals surface area contributed by atoms with Crippen molar-refractivity contribution in [2.75, 3.05) is 5.32 Å². The zero-order valence-electron chi connectivity index (χ0n) is 9.08. The van der Waals surface area contributed by atoms with Crippen molar-refractivity contribution in [1.29, 1.82) is 0 Å². The summed E-state index contributed by atoms with van der Waals surface area (Å²) in [7, 11) is 0. The Kier molecular flexibility index (Phi) is 4.11. The van der Waals surface area contributed by atoms with Crippen LogP contribution in [0.15, 0.2) is 24.3 Å². The monoisotopic (exact) mass is 247 g/mol. The van der Waals surface area contributed by atoms with Crippen LogP contribution in [-0.2, 0) is 4.79 Å². The zero-order chi connectivity index (χ0) is 13.1. The Bertz CT molecular complexity index is 404. The molecule has 0 aliphatic carbocycles. The first-order chi connectivity index (χ1) is 7.86. The molecular weight excluding hydrogens is 235 g/mol. The number of carbonyl (C=O) groups excluding carboxylic acids is 1. The summed E-state index contributed by atoms with van der Waals surface area (Å²) in [5, 5.41) is 11.3. The topological polar surface area (TPSA) is 49.3 Å². The van der Waals surface area contributed by atoms with Gasteiger partial charge in [0.05, 0.1) is 6.10 Å². The van der Waals surface area contributed by atoms with E-state index in [2.05, 4.69) is 0 Å². The van der Waals surface area contributed by atoms with E-state index >= 15 is 0 Å². The summed E-state index contributed by atoms with van der Waals surface area (Å²) in [6.07, 6.45) is -5.50. The van der Waals surface area contributed by atoms with E-state index in [-0.39, 0.29) is 11.3 Å². The van der Waals surface area contributed by atoms with Crippen LogP contribution >= 0.6 is 0 Å². The van der Waals surface area contributed by atoms with Crippen molar-refractivity contribution in [3.05, 3.63) is 29.8 Å². The molecule has 17 heavy (non-hydrogen) atoms. The summed E-state index contributed by atoms with van der Waals surface area (Å²) in [6, 6.07) is 5.85. The fourth-order valence-corrected chi connectivity index (χ4v) is 1.31. The van der Waals surface area contributed by atoms with Crippen molar-refractivity contribution in [2.24, 2.45) is 0 Å². The van der Waals surface area contributed by atoms with Gasteiger partial charge in [-0.15, -0.1) is 0 Å². The number of hydrogen-bond donors (Lipinski definition) is 2. The molecule has 0 bridgehead atoms. The van der Waals surface area contributed by atoms with Gasteiger partial charge in [-0.3, -0.25) is 4.79 Å². The second kappa shape index (κ2) is 5.18. The standard InChI is InChI=1S/C11H12F3NO2/c1-2-9(16)7-5-3-4-6-8(7)15-10(17)11(12,13)14/h3-6,9,16H,2H2,1H3,(H,15,17)/t9-/m1/s1. The third kappa shape index (κ3) is 3.45. The molecule has 6 heteroatoms. The minimum absolute atomic E-state index is 0.0239. The minimum atomic E-state index is -4.94. The maximum atomic E-state index is 12.1. The molecule has 0 aliphatic heterocycles. The third-order valence-corrected chi connectivity index (χ3v) is 2.21. The van der Waals surface area contributed by atoms with Gasteiger partial charge in [-0.2, -0.15) is 13.2 Å². The molecule has 0 aliphatic rings. The molecule has 1 rings (SSSR count). The van der Waals surface area contributed by atoms with E-state index in [0.717, 1.165) is 0 Å². The van der Waals surface area contributed by atoms with Crippen LogP contribution in [0, 0.1) is 0 Å². The maximum Gasteiger partial charge on any atom is 0.471 e. The van der Waals surface area contributed by atoms with Crippen molar-refractivity contribution in [3.63, 3.8) is 0 Å². The lowest BCUT2D eigenvalue weighted by Crippen LogP contribution is -2.30. The summed E-state index contributed by atoms with van der Waals surface area (Å²) in [5.74, 6) is -2.05. The van der Waals surface area contributed by atoms with Gasteiger partial charge in [0, 0.05) is 11.3 Å².